The Kier molecular flexibility index (Phi) is 2.01. The van der Waals surface area contributed by atoms with Gasteiger partial charge in [0.2, 0.25) is 5.28 Å². The molecule has 0 bridgehead atoms. The lowest BCUT2D eigenvalue weighted by Crippen LogP contribution is -1.89. The van der Waals surface area contributed by atoms with Crippen LogP contribution in [0.2, 0.25) is 5.28 Å². The molecule has 3 aromatic rings. The minimum Gasteiger partial charge on any atom is -0.228 e. The fraction of sp³-hybridized carbons (Fsp3) is 0.0833. The van der Waals surface area contributed by atoms with Crippen LogP contribution < -0.4 is 0 Å². The molecule has 4 heteroatoms. The van der Waals surface area contributed by atoms with Crippen molar-refractivity contribution in [2.45, 2.75) is 6.92 Å². The van der Waals surface area contributed by atoms with Gasteiger partial charge in [0.15, 0.2) is 5.65 Å². The molecule has 0 aliphatic carbocycles. The summed E-state index contributed by atoms with van der Waals surface area (Å²) in [6.45, 7) is 2.04. The summed E-state index contributed by atoms with van der Waals surface area (Å²) < 4.78 is 0. The van der Waals surface area contributed by atoms with E-state index in [0.29, 0.717) is 5.65 Å². The molecule has 0 aliphatic heterocycles. The summed E-state index contributed by atoms with van der Waals surface area (Å²) in [5, 5.41) is 2.22. The van der Waals surface area contributed by atoms with Gasteiger partial charge in [-0.3, -0.25) is 0 Å². The molecule has 0 saturated heterocycles. The maximum atomic E-state index is 5.74. The summed E-state index contributed by atoms with van der Waals surface area (Å²) in [4.78, 5) is 12.5. The summed E-state index contributed by atoms with van der Waals surface area (Å²) >= 11 is 5.74. The number of hydrogen-bond acceptors (Lipinski definition) is 3. The van der Waals surface area contributed by atoms with Crippen molar-refractivity contribution < 1.29 is 0 Å². The number of halogens is 1. The van der Waals surface area contributed by atoms with Gasteiger partial charge in [0, 0.05) is 17.0 Å². The Balaban J connectivity index is 2.44. The third kappa shape index (κ3) is 1.49. The molecular weight excluding hydrogens is 222 g/mol. The Hall–Kier alpha value is -1.74. The average molecular weight is 230 g/mol. The highest BCUT2D eigenvalue weighted by Gasteiger charge is 2.02. The standard InChI is InChI=1S/C12H8ClN3/c1-7-2-3-8-5-9-6-14-12(13)16-11(9)15-10(8)4-7/h2-6H,1H3. The first kappa shape index (κ1) is 9.48. The topological polar surface area (TPSA) is 38.7 Å². The molecule has 0 radical (unpaired) electrons. The lowest BCUT2D eigenvalue weighted by Gasteiger charge is -2.01. The van der Waals surface area contributed by atoms with Gasteiger partial charge in [0.25, 0.3) is 0 Å². The molecule has 3 rings (SSSR count). The van der Waals surface area contributed by atoms with E-state index in [2.05, 4.69) is 21.0 Å². The molecule has 3 nitrogen and oxygen atoms in total. The number of pyridine rings is 1. The highest BCUT2D eigenvalue weighted by Crippen LogP contribution is 2.19. The Labute approximate surface area is 97.1 Å². The third-order valence-corrected chi connectivity index (χ3v) is 2.67. The molecule has 0 saturated carbocycles. The van der Waals surface area contributed by atoms with Crippen molar-refractivity contribution in [1.29, 1.82) is 0 Å². The molecule has 78 valence electrons. The van der Waals surface area contributed by atoms with Crippen LogP contribution in [0.15, 0.2) is 30.5 Å². The number of benzene rings is 1. The fourth-order valence-corrected chi connectivity index (χ4v) is 1.84. The van der Waals surface area contributed by atoms with E-state index in [1.807, 2.05) is 25.1 Å². The summed E-state index contributed by atoms with van der Waals surface area (Å²) in [6, 6.07) is 8.16. The first-order valence-corrected chi connectivity index (χ1v) is 5.30. The van der Waals surface area contributed by atoms with Gasteiger partial charge < -0.3 is 0 Å². The maximum Gasteiger partial charge on any atom is 0.224 e. The molecular formula is C12H8ClN3. The molecule has 16 heavy (non-hydrogen) atoms. The van der Waals surface area contributed by atoms with Crippen LogP contribution in [-0.2, 0) is 0 Å². The number of rotatable bonds is 0. The molecule has 0 unspecified atom stereocenters. The van der Waals surface area contributed by atoms with Gasteiger partial charge >= 0.3 is 0 Å². The SMILES string of the molecule is Cc1ccc2cc3cnc(Cl)nc3nc2c1. The van der Waals surface area contributed by atoms with Gasteiger partial charge in [-0.05, 0) is 36.2 Å². The minimum atomic E-state index is 0.229. The van der Waals surface area contributed by atoms with E-state index in [1.54, 1.807) is 6.20 Å². The van der Waals surface area contributed by atoms with Crippen molar-refractivity contribution in [2.24, 2.45) is 0 Å². The molecule has 2 heterocycles. The van der Waals surface area contributed by atoms with Gasteiger partial charge in [-0.2, -0.15) is 4.98 Å². The molecule has 0 fully saturated rings. The van der Waals surface area contributed by atoms with E-state index in [9.17, 15) is 0 Å². The second-order valence-electron chi connectivity index (χ2n) is 3.74. The number of fused-ring (bicyclic) bond motifs is 2. The Bertz CT molecular complexity index is 637. The van der Waals surface area contributed by atoms with E-state index < -0.39 is 0 Å². The monoisotopic (exact) mass is 229 g/mol. The van der Waals surface area contributed by atoms with Crippen LogP contribution in [0.1, 0.15) is 5.56 Å². The molecule has 0 spiro atoms. The van der Waals surface area contributed by atoms with Crippen LogP contribution in [0.25, 0.3) is 21.9 Å². The molecule has 2 aromatic heterocycles. The summed E-state index contributed by atoms with van der Waals surface area (Å²) in [5.41, 5.74) is 2.75. The number of hydrogen-bond donors (Lipinski definition) is 0. The zero-order valence-corrected chi connectivity index (χ0v) is 9.36. The van der Waals surface area contributed by atoms with Crippen LogP contribution in [0.3, 0.4) is 0 Å². The van der Waals surface area contributed by atoms with Crippen LogP contribution >= 0.6 is 11.6 Å². The van der Waals surface area contributed by atoms with Crippen molar-refractivity contribution >= 4 is 33.5 Å². The summed E-state index contributed by atoms with van der Waals surface area (Å²) in [6.07, 6.45) is 1.69. The Morgan fingerprint density at radius 1 is 1.06 bits per heavy atom. The van der Waals surface area contributed by atoms with Crippen molar-refractivity contribution in [3.63, 3.8) is 0 Å². The zero-order valence-electron chi connectivity index (χ0n) is 8.61. The predicted octanol–water partition coefficient (Wildman–Crippen LogP) is 3.14. The first-order chi connectivity index (χ1) is 7.72. The van der Waals surface area contributed by atoms with Crippen molar-refractivity contribution in [3.8, 4) is 0 Å². The Morgan fingerprint density at radius 3 is 2.81 bits per heavy atom. The van der Waals surface area contributed by atoms with Crippen LogP contribution in [0.5, 0.6) is 0 Å². The highest BCUT2D eigenvalue weighted by molar-refractivity contribution is 6.28. The largest absolute Gasteiger partial charge is 0.228 e. The molecule has 0 N–H and O–H groups in total. The van der Waals surface area contributed by atoms with Crippen molar-refractivity contribution in [2.75, 3.05) is 0 Å². The predicted molar refractivity (Wildman–Crippen MR) is 64.6 cm³/mol. The van der Waals surface area contributed by atoms with Gasteiger partial charge in [-0.1, -0.05) is 12.1 Å². The number of aromatic nitrogens is 3. The lowest BCUT2D eigenvalue weighted by atomic mass is 10.1. The lowest BCUT2D eigenvalue weighted by molar-refractivity contribution is 1.19. The average Bonchev–Trinajstić information content (AvgIpc) is 2.26. The van der Waals surface area contributed by atoms with E-state index in [0.717, 1.165) is 16.3 Å². The van der Waals surface area contributed by atoms with Gasteiger partial charge in [-0.15, -0.1) is 0 Å². The number of nitrogens with zero attached hydrogens (tertiary/aromatic N) is 3. The molecule has 0 amide bonds. The quantitative estimate of drug-likeness (QED) is 0.439. The van der Waals surface area contributed by atoms with Gasteiger partial charge in [0.1, 0.15) is 0 Å². The van der Waals surface area contributed by atoms with Crippen LogP contribution in [-0.4, -0.2) is 15.0 Å². The molecule has 0 atom stereocenters. The van der Waals surface area contributed by atoms with Gasteiger partial charge in [0.05, 0.1) is 5.52 Å². The third-order valence-electron chi connectivity index (χ3n) is 2.49. The molecule has 1 aromatic carbocycles. The summed E-state index contributed by atoms with van der Waals surface area (Å²) in [7, 11) is 0. The molecule has 0 aliphatic rings. The first-order valence-electron chi connectivity index (χ1n) is 4.92. The van der Waals surface area contributed by atoms with E-state index in [-0.39, 0.29) is 5.28 Å². The van der Waals surface area contributed by atoms with Crippen LogP contribution in [0.4, 0.5) is 0 Å². The van der Waals surface area contributed by atoms with Crippen molar-refractivity contribution in [3.05, 3.63) is 41.3 Å². The fourth-order valence-electron chi connectivity index (χ4n) is 1.71. The normalized spacial score (nSPS) is 11.1. The summed E-state index contributed by atoms with van der Waals surface area (Å²) in [5.74, 6) is 0. The van der Waals surface area contributed by atoms with Crippen molar-refractivity contribution in [1.82, 2.24) is 15.0 Å². The smallest absolute Gasteiger partial charge is 0.224 e. The van der Waals surface area contributed by atoms with Gasteiger partial charge in [-0.25, -0.2) is 9.97 Å². The Morgan fingerprint density at radius 2 is 1.94 bits per heavy atom. The van der Waals surface area contributed by atoms with E-state index in [4.69, 9.17) is 11.6 Å². The second kappa shape index (κ2) is 3.39. The maximum absolute atomic E-state index is 5.74. The second-order valence-corrected chi connectivity index (χ2v) is 4.07. The van der Waals surface area contributed by atoms with Crippen LogP contribution in [0, 0.1) is 6.92 Å². The van der Waals surface area contributed by atoms with E-state index in [1.165, 1.54) is 5.56 Å². The number of aryl methyl sites for hydroxylation is 1. The highest BCUT2D eigenvalue weighted by atomic mass is 35.5. The zero-order chi connectivity index (χ0) is 11.1. The van der Waals surface area contributed by atoms with E-state index >= 15 is 0 Å². The minimum absolute atomic E-state index is 0.229.